The molecule has 11 heteroatoms. The van der Waals surface area contributed by atoms with E-state index in [0.717, 1.165) is 17.0 Å². The highest BCUT2D eigenvalue weighted by Gasteiger charge is 2.35. The molecule has 1 saturated heterocycles. The van der Waals surface area contributed by atoms with E-state index in [1.807, 2.05) is 0 Å². The van der Waals surface area contributed by atoms with Gasteiger partial charge in [-0.2, -0.15) is 0 Å². The zero-order valence-corrected chi connectivity index (χ0v) is 19.9. The van der Waals surface area contributed by atoms with E-state index in [1.54, 1.807) is 25.1 Å². The topological polar surface area (TPSA) is 125 Å². The summed E-state index contributed by atoms with van der Waals surface area (Å²) in [5, 5.41) is 14.8. The highest BCUT2D eigenvalue weighted by atomic mass is 35.5. The molecule has 0 radical (unpaired) electrons. The Kier molecular flexibility index (Phi) is 8.29. The van der Waals surface area contributed by atoms with Gasteiger partial charge in [-0.05, 0) is 54.3 Å². The fourth-order valence-electron chi connectivity index (χ4n) is 3.90. The molecule has 3 rings (SSSR count). The smallest absolute Gasteiger partial charge is 0.338 e. The van der Waals surface area contributed by atoms with Crippen molar-refractivity contribution >= 4 is 35.4 Å². The number of carbonyl (C=O) groups is 4. The van der Waals surface area contributed by atoms with Gasteiger partial charge in [-0.1, -0.05) is 24.6 Å². The quantitative estimate of drug-likeness (QED) is 0.531. The van der Waals surface area contributed by atoms with Crippen molar-refractivity contribution < 1.29 is 33.4 Å². The summed E-state index contributed by atoms with van der Waals surface area (Å²) in [6.45, 7) is 1.28. The molecular formula is C24H25ClFN3O6. The minimum atomic E-state index is -1.41. The summed E-state index contributed by atoms with van der Waals surface area (Å²) in [6, 6.07) is 6.98. The first-order chi connectivity index (χ1) is 16.6. The van der Waals surface area contributed by atoms with Crippen LogP contribution in [0.1, 0.15) is 40.9 Å². The summed E-state index contributed by atoms with van der Waals surface area (Å²) in [5.74, 6) is -3.65. The van der Waals surface area contributed by atoms with Crippen LogP contribution in [0.4, 0.5) is 9.18 Å². The molecule has 186 valence electrons. The number of hydrogen-bond donors (Lipinski definition) is 3. The maximum atomic E-state index is 14.2. The number of benzene rings is 2. The molecule has 0 aromatic heterocycles. The SMILES string of the molecule is CCC(NC(=O)N1CC(=O)NC[C@H](Cc2cc(Cl)ccc2OC)C1=O)c1ccc(C(=O)O)c(F)c1. The lowest BCUT2D eigenvalue weighted by atomic mass is 9.97. The second-order valence-corrected chi connectivity index (χ2v) is 8.48. The van der Waals surface area contributed by atoms with Crippen LogP contribution in [-0.4, -0.2) is 54.0 Å². The molecule has 1 aliphatic heterocycles. The third-order valence-electron chi connectivity index (χ3n) is 5.75. The molecule has 4 amide bonds. The molecule has 1 unspecified atom stereocenters. The average molecular weight is 506 g/mol. The van der Waals surface area contributed by atoms with Crippen LogP contribution in [0.3, 0.4) is 0 Å². The van der Waals surface area contributed by atoms with Crippen LogP contribution in [0.25, 0.3) is 0 Å². The second kappa shape index (κ2) is 11.2. The van der Waals surface area contributed by atoms with E-state index in [2.05, 4.69) is 10.6 Å². The lowest BCUT2D eigenvalue weighted by Crippen LogP contribution is -2.48. The molecule has 0 spiro atoms. The number of carboxylic acids is 1. The standard InChI is InChI=1S/C24H25ClFN3O6/c1-3-19(13-4-6-17(23(32)33)18(26)10-13)28-24(34)29-12-21(30)27-11-15(22(29)31)8-14-9-16(25)5-7-20(14)35-2/h4-7,9-10,15,19H,3,8,11-12H2,1-2H3,(H,27,30)(H,28,34)(H,32,33)/t15-,19?/m0/s1. The molecule has 1 aliphatic rings. The zero-order valence-electron chi connectivity index (χ0n) is 19.1. The number of carboxylic acid groups (broad SMARTS) is 1. The summed E-state index contributed by atoms with van der Waals surface area (Å²) in [5.41, 5.74) is 0.485. The van der Waals surface area contributed by atoms with Crippen molar-refractivity contribution in [1.29, 1.82) is 0 Å². The maximum Gasteiger partial charge on any atom is 0.338 e. The number of amides is 4. The third-order valence-corrected chi connectivity index (χ3v) is 5.98. The van der Waals surface area contributed by atoms with E-state index in [0.29, 0.717) is 28.3 Å². The molecule has 2 atom stereocenters. The summed E-state index contributed by atoms with van der Waals surface area (Å²) >= 11 is 6.09. The van der Waals surface area contributed by atoms with Crippen molar-refractivity contribution in [2.75, 3.05) is 20.2 Å². The summed E-state index contributed by atoms with van der Waals surface area (Å²) in [6.07, 6.45) is 0.501. The maximum absolute atomic E-state index is 14.2. The van der Waals surface area contributed by atoms with Crippen LogP contribution in [0, 0.1) is 11.7 Å². The number of aromatic carboxylic acids is 1. The molecule has 2 aromatic carbocycles. The van der Waals surface area contributed by atoms with E-state index >= 15 is 0 Å². The number of rotatable bonds is 7. The van der Waals surface area contributed by atoms with Crippen molar-refractivity contribution in [2.24, 2.45) is 5.92 Å². The Bertz CT molecular complexity index is 1160. The lowest BCUT2D eigenvalue weighted by molar-refractivity contribution is -0.133. The third kappa shape index (κ3) is 6.07. The highest BCUT2D eigenvalue weighted by Crippen LogP contribution is 2.27. The number of methoxy groups -OCH3 is 1. The van der Waals surface area contributed by atoms with E-state index in [-0.39, 0.29) is 13.0 Å². The van der Waals surface area contributed by atoms with E-state index in [4.69, 9.17) is 21.4 Å². The second-order valence-electron chi connectivity index (χ2n) is 8.04. The lowest BCUT2D eigenvalue weighted by Gasteiger charge is -2.25. The van der Waals surface area contributed by atoms with E-state index in [1.165, 1.54) is 13.2 Å². The Morgan fingerprint density at radius 2 is 2.03 bits per heavy atom. The first kappa shape index (κ1) is 26.0. The van der Waals surface area contributed by atoms with Gasteiger partial charge in [0, 0.05) is 11.6 Å². The van der Waals surface area contributed by atoms with Crippen molar-refractivity contribution in [3.8, 4) is 5.75 Å². The van der Waals surface area contributed by atoms with Crippen LogP contribution in [0.15, 0.2) is 36.4 Å². The van der Waals surface area contributed by atoms with Gasteiger partial charge in [0.2, 0.25) is 11.8 Å². The molecule has 2 aromatic rings. The number of carbonyl (C=O) groups excluding carboxylic acids is 3. The summed E-state index contributed by atoms with van der Waals surface area (Å²) in [4.78, 5) is 50.5. The number of urea groups is 1. The largest absolute Gasteiger partial charge is 0.496 e. The molecule has 0 saturated carbocycles. The van der Waals surface area contributed by atoms with Gasteiger partial charge < -0.3 is 20.5 Å². The number of nitrogens with zero attached hydrogens (tertiary/aromatic N) is 1. The molecule has 3 N–H and O–H groups in total. The number of hydrogen-bond acceptors (Lipinski definition) is 5. The number of imide groups is 1. The fourth-order valence-corrected chi connectivity index (χ4v) is 4.09. The van der Waals surface area contributed by atoms with Crippen LogP contribution < -0.4 is 15.4 Å². The normalized spacial score (nSPS) is 16.8. The van der Waals surface area contributed by atoms with Gasteiger partial charge in [-0.25, -0.2) is 14.0 Å². The summed E-state index contributed by atoms with van der Waals surface area (Å²) in [7, 11) is 1.49. The van der Waals surface area contributed by atoms with Crippen molar-refractivity contribution in [1.82, 2.24) is 15.5 Å². The predicted molar refractivity (Wildman–Crippen MR) is 125 cm³/mol. The van der Waals surface area contributed by atoms with Gasteiger partial charge in [0.05, 0.1) is 24.6 Å². The zero-order chi connectivity index (χ0) is 25.7. The van der Waals surface area contributed by atoms with Crippen LogP contribution in [0.2, 0.25) is 5.02 Å². The van der Waals surface area contributed by atoms with Gasteiger partial charge in [0.15, 0.2) is 0 Å². The predicted octanol–water partition coefficient (Wildman–Crippen LogP) is 3.16. The van der Waals surface area contributed by atoms with Gasteiger partial charge in [0.1, 0.15) is 18.1 Å². The first-order valence-corrected chi connectivity index (χ1v) is 11.3. The first-order valence-electron chi connectivity index (χ1n) is 10.9. The molecule has 1 fully saturated rings. The number of ether oxygens (including phenoxy) is 1. The van der Waals surface area contributed by atoms with Crippen molar-refractivity contribution in [3.05, 3.63) is 63.9 Å². The minimum Gasteiger partial charge on any atom is -0.496 e. The number of nitrogens with one attached hydrogen (secondary N) is 2. The van der Waals surface area contributed by atoms with Crippen molar-refractivity contribution in [2.45, 2.75) is 25.8 Å². The van der Waals surface area contributed by atoms with E-state index in [9.17, 15) is 23.6 Å². The van der Waals surface area contributed by atoms with Crippen LogP contribution in [-0.2, 0) is 16.0 Å². The monoisotopic (exact) mass is 505 g/mol. The van der Waals surface area contributed by atoms with Crippen LogP contribution >= 0.6 is 11.6 Å². The van der Waals surface area contributed by atoms with Gasteiger partial charge >= 0.3 is 12.0 Å². The Hall–Kier alpha value is -3.66. The Balaban J connectivity index is 1.81. The van der Waals surface area contributed by atoms with Crippen LogP contribution in [0.5, 0.6) is 5.75 Å². The van der Waals surface area contributed by atoms with Gasteiger partial charge in [0.25, 0.3) is 0 Å². The molecule has 1 heterocycles. The number of halogens is 2. The molecule has 0 bridgehead atoms. The Labute approximate surface area is 206 Å². The highest BCUT2D eigenvalue weighted by molar-refractivity contribution is 6.30. The van der Waals surface area contributed by atoms with E-state index < -0.39 is 53.7 Å². The Morgan fingerprint density at radius 1 is 1.29 bits per heavy atom. The van der Waals surface area contributed by atoms with Gasteiger partial charge in [-0.3, -0.25) is 14.5 Å². The molecular weight excluding hydrogens is 481 g/mol. The average Bonchev–Trinajstić information content (AvgIpc) is 2.96. The molecule has 35 heavy (non-hydrogen) atoms. The Morgan fingerprint density at radius 3 is 2.66 bits per heavy atom. The van der Waals surface area contributed by atoms with Crippen molar-refractivity contribution in [3.63, 3.8) is 0 Å². The fraction of sp³-hybridized carbons (Fsp3) is 0.333. The molecule has 0 aliphatic carbocycles. The summed E-state index contributed by atoms with van der Waals surface area (Å²) < 4.78 is 19.5. The molecule has 9 nitrogen and oxygen atoms in total. The van der Waals surface area contributed by atoms with Gasteiger partial charge in [-0.15, -0.1) is 0 Å². The minimum absolute atomic E-state index is 0.0240.